The summed E-state index contributed by atoms with van der Waals surface area (Å²) in [5, 5.41) is 15.6. The van der Waals surface area contributed by atoms with Gasteiger partial charge in [0.2, 0.25) is 0 Å². The maximum atomic E-state index is 9.07. The summed E-state index contributed by atoms with van der Waals surface area (Å²) in [6.07, 6.45) is 0. The van der Waals surface area contributed by atoms with Crippen molar-refractivity contribution in [3.05, 3.63) is 24.3 Å². The Morgan fingerprint density at radius 3 is 2.67 bits per heavy atom. The summed E-state index contributed by atoms with van der Waals surface area (Å²) in [5.41, 5.74) is 0.836. The molecular weight excluding hydrogens is 212 g/mol. The second-order valence-electron chi connectivity index (χ2n) is 2.92. The molecule has 4 nitrogen and oxygen atoms in total. The number of hydrogen-bond donors (Lipinski definition) is 3. The molecule has 0 fully saturated rings. The van der Waals surface area contributed by atoms with Crippen molar-refractivity contribution in [1.82, 2.24) is 5.32 Å². The molecule has 0 unspecified atom stereocenters. The normalized spacial score (nSPS) is 9.67. The number of phenols is 1. The first-order chi connectivity index (χ1) is 7.22. The molecule has 82 valence electrons. The molecule has 0 spiro atoms. The minimum Gasteiger partial charge on any atom is -0.508 e. The average molecular weight is 226 g/mol. The van der Waals surface area contributed by atoms with E-state index in [0.29, 0.717) is 18.3 Å². The standard InChI is InChI=1S/C10H14N2O2S/c1-14-7-6-11-10(15)12-8-2-4-9(13)5-3-8/h2-5,13H,6-7H2,1H3,(H2,11,12,15). The average Bonchev–Trinajstić information content (AvgIpc) is 2.22. The fraction of sp³-hybridized carbons (Fsp3) is 0.300. The summed E-state index contributed by atoms with van der Waals surface area (Å²) in [4.78, 5) is 0. The SMILES string of the molecule is COCCNC(=S)Nc1ccc(O)cc1. The van der Waals surface area contributed by atoms with Gasteiger partial charge in [-0.2, -0.15) is 0 Å². The Balaban J connectivity index is 2.34. The number of methoxy groups -OCH3 is 1. The number of thiocarbonyl (C=S) groups is 1. The van der Waals surface area contributed by atoms with Crippen molar-refractivity contribution in [2.45, 2.75) is 0 Å². The Bertz CT molecular complexity index is 314. The van der Waals surface area contributed by atoms with Crippen molar-refractivity contribution in [1.29, 1.82) is 0 Å². The number of nitrogens with one attached hydrogen (secondary N) is 2. The van der Waals surface area contributed by atoms with Crippen molar-refractivity contribution in [2.75, 3.05) is 25.6 Å². The summed E-state index contributed by atoms with van der Waals surface area (Å²) >= 11 is 5.04. The van der Waals surface area contributed by atoms with Crippen molar-refractivity contribution < 1.29 is 9.84 Å². The second-order valence-corrected chi connectivity index (χ2v) is 3.33. The monoisotopic (exact) mass is 226 g/mol. The summed E-state index contributed by atoms with van der Waals surface area (Å²) in [5.74, 6) is 0.235. The summed E-state index contributed by atoms with van der Waals surface area (Å²) < 4.78 is 4.88. The number of phenolic OH excluding ortho intramolecular Hbond substituents is 1. The molecule has 1 rings (SSSR count). The highest BCUT2D eigenvalue weighted by molar-refractivity contribution is 7.80. The fourth-order valence-electron chi connectivity index (χ4n) is 0.987. The van der Waals surface area contributed by atoms with Crippen LogP contribution >= 0.6 is 12.2 Å². The van der Waals surface area contributed by atoms with Crippen LogP contribution < -0.4 is 10.6 Å². The maximum Gasteiger partial charge on any atom is 0.170 e. The van der Waals surface area contributed by atoms with Crippen LogP contribution in [0.4, 0.5) is 5.69 Å². The van der Waals surface area contributed by atoms with E-state index in [1.54, 1.807) is 31.4 Å². The zero-order valence-electron chi connectivity index (χ0n) is 8.49. The largest absolute Gasteiger partial charge is 0.508 e. The molecule has 1 aromatic rings. The molecule has 0 radical (unpaired) electrons. The Labute approximate surface area is 94.3 Å². The van der Waals surface area contributed by atoms with Crippen LogP contribution in [0.1, 0.15) is 0 Å². The Morgan fingerprint density at radius 2 is 2.07 bits per heavy atom. The van der Waals surface area contributed by atoms with Gasteiger partial charge in [0.25, 0.3) is 0 Å². The maximum absolute atomic E-state index is 9.07. The van der Waals surface area contributed by atoms with Gasteiger partial charge in [0.05, 0.1) is 6.61 Å². The van der Waals surface area contributed by atoms with Gasteiger partial charge in [-0.05, 0) is 36.5 Å². The number of hydrogen-bond acceptors (Lipinski definition) is 3. The van der Waals surface area contributed by atoms with E-state index in [4.69, 9.17) is 22.1 Å². The lowest BCUT2D eigenvalue weighted by Gasteiger charge is -2.09. The molecular formula is C10H14N2O2S. The third kappa shape index (κ3) is 4.62. The van der Waals surface area contributed by atoms with Gasteiger partial charge in [0.15, 0.2) is 5.11 Å². The Morgan fingerprint density at radius 1 is 1.40 bits per heavy atom. The number of anilines is 1. The van der Waals surface area contributed by atoms with Gasteiger partial charge in [0, 0.05) is 19.3 Å². The van der Waals surface area contributed by atoms with Gasteiger partial charge in [0.1, 0.15) is 5.75 Å². The lowest BCUT2D eigenvalue weighted by atomic mass is 10.3. The third-order valence-electron chi connectivity index (χ3n) is 1.72. The number of ether oxygens (including phenoxy) is 1. The number of rotatable bonds is 4. The van der Waals surface area contributed by atoms with Gasteiger partial charge in [-0.15, -0.1) is 0 Å². The van der Waals surface area contributed by atoms with Crippen molar-refractivity contribution in [3.63, 3.8) is 0 Å². The van der Waals surface area contributed by atoms with E-state index >= 15 is 0 Å². The molecule has 5 heteroatoms. The smallest absolute Gasteiger partial charge is 0.170 e. The zero-order chi connectivity index (χ0) is 11.1. The van der Waals surface area contributed by atoms with Crippen LogP contribution in [-0.4, -0.2) is 30.5 Å². The molecule has 0 saturated carbocycles. The van der Waals surface area contributed by atoms with Gasteiger partial charge in [-0.25, -0.2) is 0 Å². The molecule has 0 aliphatic rings. The van der Waals surface area contributed by atoms with Crippen molar-refractivity contribution in [3.8, 4) is 5.75 Å². The second kappa shape index (κ2) is 6.21. The minimum atomic E-state index is 0.235. The highest BCUT2D eigenvalue weighted by Gasteiger charge is 1.96. The van der Waals surface area contributed by atoms with Gasteiger partial charge >= 0.3 is 0 Å². The molecule has 1 aromatic carbocycles. The van der Waals surface area contributed by atoms with Crippen LogP contribution in [0, 0.1) is 0 Å². The van der Waals surface area contributed by atoms with Crippen LogP contribution in [0.5, 0.6) is 5.75 Å². The first kappa shape index (κ1) is 11.7. The summed E-state index contributed by atoms with van der Waals surface area (Å²) in [7, 11) is 1.64. The van der Waals surface area contributed by atoms with Crippen LogP contribution in [0.15, 0.2) is 24.3 Å². The highest BCUT2D eigenvalue weighted by Crippen LogP contribution is 2.13. The van der Waals surface area contributed by atoms with Crippen LogP contribution in [0.25, 0.3) is 0 Å². The Hall–Kier alpha value is -1.33. The van der Waals surface area contributed by atoms with Crippen LogP contribution in [-0.2, 0) is 4.74 Å². The zero-order valence-corrected chi connectivity index (χ0v) is 9.30. The quantitative estimate of drug-likeness (QED) is 0.411. The van der Waals surface area contributed by atoms with E-state index in [1.807, 2.05) is 0 Å². The van der Waals surface area contributed by atoms with E-state index in [-0.39, 0.29) is 5.75 Å². The molecule has 0 aromatic heterocycles. The molecule has 0 aliphatic heterocycles. The predicted molar refractivity (Wildman–Crippen MR) is 64.2 cm³/mol. The fourth-order valence-corrected chi connectivity index (χ4v) is 1.21. The van der Waals surface area contributed by atoms with E-state index in [0.717, 1.165) is 5.69 Å². The van der Waals surface area contributed by atoms with E-state index in [9.17, 15) is 0 Å². The lowest BCUT2D eigenvalue weighted by molar-refractivity contribution is 0.204. The van der Waals surface area contributed by atoms with Crippen LogP contribution in [0.2, 0.25) is 0 Å². The van der Waals surface area contributed by atoms with Gasteiger partial charge < -0.3 is 20.5 Å². The molecule has 0 heterocycles. The first-order valence-electron chi connectivity index (χ1n) is 4.55. The molecule has 0 atom stereocenters. The summed E-state index contributed by atoms with van der Waals surface area (Å²) in [6.45, 7) is 1.28. The van der Waals surface area contributed by atoms with Crippen LogP contribution in [0.3, 0.4) is 0 Å². The Kier molecular flexibility index (Phi) is 4.86. The van der Waals surface area contributed by atoms with Crippen molar-refractivity contribution >= 4 is 23.0 Å². The predicted octanol–water partition coefficient (Wildman–Crippen LogP) is 1.32. The molecule has 0 aliphatic carbocycles. The highest BCUT2D eigenvalue weighted by atomic mass is 32.1. The van der Waals surface area contributed by atoms with E-state index in [1.165, 1.54) is 0 Å². The molecule has 0 amide bonds. The molecule has 3 N–H and O–H groups in total. The minimum absolute atomic E-state index is 0.235. The van der Waals surface area contributed by atoms with Crippen molar-refractivity contribution in [2.24, 2.45) is 0 Å². The number of benzene rings is 1. The van der Waals surface area contributed by atoms with Gasteiger partial charge in [-0.1, -0.05) is 0 Å². The number of aromatic hydroxyl groups is 1. The van der Waals surface area contributed by atoms with Gasteiger partial charge in [-0.3, -0.25) is 0 Å². The lowest BCUT2D eigenvalue weighted by Crippen LogP contribution is -2.31. The molecule has 0 bridgehead atoms. The topological polar surface area (TPSA) is 53.5 Å². The summed E-state index contributed by atoms with van der Waals surface area (Å²) in [6, 6.07) is 6.69. The molecule has 0 saturated heterocycles. The third-order valence-corrected chi connectivity index (χ3v) is 1.96. The molecule has 15 heavy (non-hydrogen) atoms. The van der Waals surface area contributed by atoms with E-state index < -0.39 is 0 Å². The first-order valence-corrected chi connectivity index (χ1v) is 4.96. The van der Waals surface area contributed by atoms with E-state index in [2.05, 4.69) is 10.6 Å².